The topological polar surface area (TPSA) is 111 Å². The summed E-state index contributed by atoms with van der Waals surface area (Å²) in [5, 5.41) is 6.13. The molecule has 4 N–H and O–H groups in total. The van der Waals surface area contributed by atoms with Crippen molar-refractivity contribution in [3.8, 4) is 6.01 Å². The van der Waals surface area contributed by atoms with Crippen molar-refractivity contribution in [1.29, 1.82) is 0 Å². The van der Waals surface area contributed by atoms with Gasteiger partial charge >= 0.3 is 6.01 Å². The summed E-state index contributed by atoms with van der Waals surface area (Å²) in [4.78, 5) is 21.0. The Morgan fingerprint density at radius 2 is 2.31 bits per heavy atom. The molecule has 0 spiro atoms. The van der Waals surface area contributed by atoms with Crippen molar-refractivity contribution >= 4 is 17.5 Å². The van der Waals surface area contributed by atoms with Crippen LogP contribution in [0.5, 0.6) is 6.01 Å². The molecule has 0 saturated carbocycles. The number of rotatable bonds is 7. The standard InChI is InChI=1S/C18H27N5O3/c1-2-3-9-26-18-22-15(19)13-10-20-17(24)14(21-16(13)23-18)7-6-12-5-4-8-25-11-12/h11,14H,2-10H2,1H3,(H,20,24)(H3,19,21,22,23)/t14-/m1/s1. The highest BCUT2D eigenvalue weighted by molar-refractivity contribution is 5.86. The molecule has 0 aliphatic carbocycles. The normalized spacial score (nSPS) is 19.3. The summed E-state index contributed by atoms with van der Waals surface area (Å²) in [6.07, 6.45) is 7.30. The van der Waals surface area contributed by atoms with Crippen LogP contribution in [0.25, 0.3) is 0 Å². The molecule has 1 atom stereocenters. The second kappa shape index (κ2) is 8.73. The third-order valence-electron chi connectivity index (χ3n) is 4.58. The van der Waals surface area contributed by atoms with Crippen molar-refractivity contribution in [2.24, 2.45) is 0 Å². The molecule has 1 aromatic rings. The van der Waals surface area contributed by atoms with E-state index in [1.807, 2.05) is 6.26 Å². The maximum atomic E-state index is 12.4. The fourth-order valence-electron chi connectivity index (χ4n) is 3.01. The van der Waals surface area contributed by atoms with Gasteiger partial charge in [-0.15, -0.1) is 0 Å². The highest BCUT2D eigenvalue weighted by atomic mass is 16.5. The molecular weight excluding hydrogens is 334 g/mol. The number of hydrogen-bond donors (Lipinski definition) is 3. The van der Waals surface area contributed by atoms with Crippen LogP contribution < -0.4 is 21.1 Å². The van der Waals surface area contributed by atoms with E-state index in [-0.39, 0.29) is 18.0 Å². The summed E-state index contributed by atoms with van der Waals surface area (Å²) >= 11 is 0. The number of carbonyl (C=O) groups excluding carboxylic acids is 1. The number of allylic oxidation sites excluding steroid dienone is 1. The molecular formula is C18H27N5O3. The summed E-state index contributed by atoms with van der Waals surface area (Å²) < 4.78 is 10.9. The molecule has 8 nitrogen and oxygen atoms in total. The van der Waals surface area contributed by atoms with Crippen molar-refractivity contribution in [2.75, 3.05) is 24.3 Å². The Bertz CT molecular complexity index is 677. The molecule has 0 radical (unpaired) electrons. The molecule has 1 aromatic heterocycles. The molecule has 8 heteroatoms. The van der Waals surface area contributed by atoms with Gasteiger partial charge in [-0.1, -0.05) is 13.3 Å². The minimum Gasteiger partial charge on any atom is -0.501 e. The van der Waals surface area contributed by atoms with E-state index in [2.05, 4.69) is 27.5 Å². The molecule has 0 aromatic carbocycles. The quantitative estimate of drug-likeness (QED) is 0.638. The SMILES string of the molecule is CCCCOc1nc(N)c2c(n1)N[C@H](CCC1=COCCC1)C(=O)NC2. The van der Waals surface area contributed by atoms with Gasteiger partial charge in [0.2, 0.25) is 5.91 Å². The monoisotopic (exact) mass is 361 g/mol. The van der Waals surface area contributed by atoms with Gasteiger partial charge in [0.25, 0.3) is 0 Å². The Kier molecular flexibility index (Phi) is 6.14. The van der Waals surface area contributed by atoms with Crippen molar-refractivity contribution in [3.63, 3.8) is 0 Å². The first-order valence-electron chi connectivity index (χ1n) is 9.30. The molecule has 0 fully saturated rings. The largest absolute Gasteiger partial charge is 0.501 e. The number of ether oxygens (including phenoxy) is 2. The molecule has 26 heavy (non-hydrogen) atoms. The first kappa shape index (κ1) is 18.3. The lowest BCUT2D eigenvalue weighted by Crippen LogP contribution is -2.37. The molecule has 2 aliphatic rings. The molecule has 1 amide bonds. The Hall–Kier alpha value is -2.51. The van der Waals surface area contributed by atoms with E-state index >= 15 is 0 Å². The molecule has 3 rings (SSSR count). The fourth-order valence-corrected chi connectivity index (χ4v) is 3.01. The van der Waals surface area contributed by atoms with E-state index < -0.39 is 0 Å². The molecule has 0 bridgehead atoms. The van der Waals surface area contributed by atoms with Crippen LogP contribution in [-0.4, -0.2) is 35.1 Å². The lowest BCUT2D eigenvalue weighted by molar-refractivity contribution is -0.122. The predicted molar refractivity (Wildman–Crippen MR) is 98.6 cm³/mol. The highest BCUT2D eigenvalue weighted by Crippen LogP contribution is 2.26. The van der Waals surface area contributed by atoms with Gasteiger partial charge in [0.05, 0.1) is 31.6 Å². The van der Waals surface area contributed by atoms with E-state index in [0.717, 1.165) is 38.7 Å². The van der Waals surface area contributed by atoms with Crippen LogP contribution in [-0.2, 0) is 16.1 Å². The van der Waals surface area contributed by atoms with Gasteiger partial charge in [-0.25, -0.2) is 0 Å². The lowest BCUT2D eigenvalue weighted by atomic mass is 10.0. The number of anilines is 2. The summed E-state index contributed by atoms with van der Waals surface area (Å²) in [5.41, 5.74) is 7.98. The van der Waals surface area contributed by atoms with E-state index in [1.54, 1.807) is 0 Å². The number of carbonyl (C=O) groups is 1. The van der Waals surface area contributed by atoms with Crippen LogP contribution in [0, 0.1) is 0 Å². The lowest BCUT2D eigenvalue weighted by Gasteiger charge is -2.19. The van der Waals surface area contributed by atoms with E-state index in [0.29, 0.717) is 36.8 Å². The minimum absolute atomic E-state index is 0.0619. The van der Waals surface area contributed by atoms with Gasteiger partial charge < -0.3 is 25.8 Å². The molecule has 2 aliphatic heterocycles. The van der Waals surface area contributed by atoms with E-state index in [4.69, 9.17) is 15.2 Å². The number of aromatic nitrogens is 2. The zero-order chi connectivity index (χ0) is 18.4. The van der Waals surface area contributed by atoms with Crippen LogP contribution in [0.2, 0.25) is 0 Å². The molecule has 142 valence electrons. The van der Waals surface area contributed by atoms with E-state index in [9.17, 15) is 4.79 Å². The maximum absolute atomic E-state index is 12.4. The summed E-state index contributed by atoms with van der Waals surface area (Å²) in [5.74, 6) is 0.840. The average molecular weight is 361 g/mol. The number of nitrogens with two attached hydrogens (primary N) is 1. The minimum atomic E-state index is -0.378. The van der Waals surface area contributed by atoms with Crippen molar-refractivity contribution in [3.05, 3.63) is 17.4 Å². The number of nitrogen functional groups attached to an aromatic ring is 1. The van der Waals surface area contributed by atoms with Gasteiger partial charge in [-0.3, -0.25) is 4.79 Å². The average Bonchev–Trinajstić information content (AvgIpc) is 2.80. The van der Waals surface area contributed by atoms with Crippen LogP contribution in [0.3, 0.4) is 0 Å². The van der Waals surface area contributed by atoms with Gasteiger partial charge in [0.15, 0.2) is 0 Å². The highest BCUT2D eigenvalue weighted by Gasteiger charge is 2.26. The maximum Gasteiger partial charge on any atom is 0.320 e. The van der Waals surface area contributed by atoms with Gasteiger partial charge in [0, 0.05) is 0 Å². The van der Waals surface area contributed by atoms with E-state index in [1.165, 1.54) is 5.57 Å². The third kappa shape index (κ3) is 4.56. The first-order valence-corrected chi connectivity index (χ1v) is 9.30. The molecule has 3 heterocycles. The second-order valence-corrected chi connectivity index (χ2v) is 6.62. The number of hydrogen-bond acceptors (Lipinski definition) is 7. The number of fused-ring (bicyclic) bond motifs is 1. The van der Waals surface area contributed by atoms with Crippen molar-refractivity contribution < 1.29 is 14.3 Å². The Balaban J connectivity index is 1.70. The van der Waals surface area contributed by atoms with Crippen LogP contribution >= 0.6 is 0 Å². The Morgan fingerprint density at radius 3 is 3.08 bits per heavy atom. The molecule has 0 unspecified atom stereocenters. The van der Waals surface area contributed by atoms with Crippen LogP contribution in [0.1, 0.15) is 51.0 Å². The van der Waals surface area contributed by atoms with Gasteiger partial charge in [-0.05, 0) is 37.7 Å². The number of amides is 1. The zero-order valence-electron chi connectivity index (χ0n) is 15.2. The fraction of sp³-hybridized carbons (Fsp3) is 0.611. The molecule has 0 saturated heterocycles. The summed E-state index contributed by atoms with van der Waals surface area (Å²) in [6, 6.07) is -0.129. The van der Waals surface area contributed by atoms with Crippen molar-refractivity contribution in [1.82, 2.24) is 15.3 Å². The smallest absolute Gasteiger partial charge is 0.320 e. The Labute approximate surface area is 153 Å². The summed E-state index contributed by atoms with van der Waals surface area (Å²) in [6.45, 7) is 3.72. The first-order chi connectivity index (χ1) is 12.7. The van der Waals surface area contributed by atoms with Gasteiger partial charge in [-0.2, -0.15) is 9.97 Å². The predicted octanol–water partition coefficient (Wildman–Crippen LogP) is 2.12. The number of nitrogens with one attached hydrogen (secondary N) is 2. The third-order valence-corrected chi connectivity index (χ3v) is 4.58. The van der Waals surface area contributed by atoms with Crippen molar-refractivity contribution in [2.45, 2.75) is 58.0 Å². The number of nitrogens with zero attached hydrogens (tertiary/aromatic N) is 2. The zero-order valence-corrected chi connectivity index (χ0v) is 15.2. The number of unbranched alkanes of at least 4 members (excludes halogenated alkanes) is 1. The second-order valence-electron chi connectivity index (χ2n) is 6.62. The Morgan fingerprint density at radius 1 is 1.42 bits per heavy atom. The summed E-state index contributed by atoms with van der Waals surface area (Å²) in [7, 11) is 0. The van der Waals surface area contributed by atoms with Crippen LogP contribution in [0.15, 0.2) is 11.8 Å². The van der Waals surface area contributed by atoms with Crippen LogP contribution in [0.4, 0.5) is 11.6 Å². The van der Waals surface area contributed by atoms with Gasteiger partial charge in [0.1, 0.15) is 17.7 Å².